The van der Waals surface area contributed by atoms with Gasteiger partial charge in [-0.3, -0.25) is 4.79 Å². The third-order valence-corrected chi connectivity index (χ3v) is 5.94. The molecule has 170 valence electrons. The smallest absolute Gasteiger partial charge is 0.220 e. The number of aromatic nitrogens is 1. The molecule has 0 radical (unpaired) electrons. The van der Waals surface area contributed by atoms with Crippen molar-refractivity contribution in [3.8, 4) is 0 Å². The maximum atomic E-state index is 13.4. The van der Waals surface area contributed by atoms with Crippen molar-refractivity contribution in [1.82, 2.24) is 10.3 Å². The van der Waals surface area contributed by atoms with Crippen molar-refractivity contribution in [2.45, 2.75) is 18.8 Å². The van der Waals surface area contributed by atoms with Crippen molar-refractivity contribution in [2.75, 3.05) is 25.5 Å². The van der Waals surface area contributed by atoms with Crippen molar-refractivity contribution in [3.63, 3.8) is 0 Å². The van der Waals surface area contributed by atoms with Gasteiger partial charge in [0.1, 0.15) is 0 Å². The molecule has 0 aliphatic rings. The van der Waals surface area contributed by atoms with Crippen LogP contribution in [-0.2, 0) is 11.2 Å². The second kappa shape index (κ2) is 9.86. The van der Waals surface area contributed by atoms with Gasteiger partial charge in [0.15, 0.2) is 11.6 Å². The average Bonchev–Trinajstić information content (AvgIpc) is 3.24. The predicted octanol–water partition coefficient (Wildman–Crippen LogP) is 5.39. The summed E-state index contributed by atoms with van der Waals surface area (Å²) in [5, 5.41) is 4.16. The zero-order valence-electron chi connectivity index (χ0n) is 18.7. The number of amides is 1. The minimum atomic E-state index is -0.895. The topological polar surface area (TPSA) is 48.1 Å². The lowest BCUT2D eigenvalue weighted by atomic mass is 9.90. The van der Waals surface area contributed by atoms with Crippen LogP contribution < -0.4 is 10.2 Å². The molecule has 0 aliphatic carbocycles. The Hall–Kier alpha value is -3.67. The number of aromatic amines is 1. The Morgan fingerprint density at radius 1 is 1.00 bits per heavy atom. The first-order valence-electron chi connectivity index (χ1n) is 11.0. The van der Waals surface area contributed by atoms with Gasteiger partial charge in [-0.05, 0) is 53.4 Å². The molecular weight excluding hydrogens is 420 g/mol. The predicted molar refractivity (Wildman–Crippen MR) is 129 cm³/mol. The Morgan fingerprint density at radius 3 is 2.48 bits per heavy atom. The molecule has 0 saturated carbocycles. The van der Waals surface area contributed by atoms with Crippen molar-refractivity contribution >= 4 is 22.5 Å². The number of benzene rings is 3. The number of carbonyl (C=O) groups excluding carboxylic acids is 1. The minimum absolute atomic E-state index is 0.0374. The molecule has 1 amide bonds. The number of carbonyl (C=O) groups is 1. The van der Waals surface area contributed by atoms with Crippen LogP contribution in [0.5, 0.6) is 0 Å². The van der Waals surface area contributed by atoms with Crippen LogP contribution in [0.3, 0.4) is 0 Å². The van der Waals surface area contributed by atoms with Gasteiger partial charge in [0, 0.05) is 55.8 Å². The van der Waals surface area contributed by atoms with E-state index in [1.807, 2.05) is 43.4 Å². The fourth-order valence-electron chi connectivity index (χ4n) is 4.05. The van der Waals surface area contributed by atoms with E-state index in [2.05, 4.69) is 40.6 Å². The Labute approximate surface area is 192 Å². The summed E-state index contributed by atoms with van der Waals surface area (Å²) in [6.07, 6.45) is 2.55. The van der Waals surface area contributed by atoms with E-state index >= 15 is 0 Å². The molecule has 0 bridgehead atoms. The lowest BCUT2D eigenvalue weighted by molar-refractivity contribution is -0.121. The second-order valence-electron chi connectivity index (χ2n) is 8.38. The van der Waals surface area contributed by atoms with Gasteiger partial charge >= 0.3 is 0 Å². The second-order valence-corrected chi connectivity index (χ2v) is 8.38. The quantitative estimate of drug-likeness (QED) is 0.380. The number of fused-ring (bicyclic) bond motifs is 1. The molecule has 1 aromatic heterocycles. The Balaban J connectivity index is 1.51. The summed E-state index contributed by atoms with van der Waals surface area (Å²) in [5.74, 6) is -1.95. The van der Waals surface area contributed by atoms with E-state index in [0.717, 1.165) is 39.8 Å². The van der Waals surface area contributed by atoms with Crippen molar-refractivity contribution < 1.29 is 13.6 Å². The third-order valence-electron chi connectivity index (χ3n) is 5.94. The third kappa shape index (κ3) is 5.22. The highest BCUT2D eigenvalue weighted by Crippen LogP contribution is 2.31. The lowest BCUT2D eigenvalue weighted by Gasteiger charge is -2.20. The number of nitrogens with zero attached hydrogens (tertiary/aromatic N) is 1. The van der Waals surface area contributed by atoms with Gasteiger partial charge in [0.2, 0.25) is 5.91 Å². The highest BCUT2D eigenvalue weighted by molar-refractivity contribution is 5.84. The molecule has 3 aromatic carbocycles. The Bertz CT molecular complexity index is 1250. The normalized spacial score (nSPS) is 12.0. The summed E-state index contributed by atoms with van der Waals surface area (Å²) >= 11 is 0. The monoisotopic (exact) mass is 447 g/mol. The first-order valence-corrected chi connectivity index (χ1v) is 11.0. The van der Waals surface area contributed by atoms with Gasteiger partial charge in [-0.2, -0.15) is 0 Å². The van der Waals surface area contributed by atoms with E-state index in [1.54, 1.807) is 0 Å². The highest BCUT2D eigenvalue weighted by Gasteiger charge is 2.19. The number of hydrogen-bond acceptors (Lipinski definition) is 2. The number of rotatable bonds is 8. The van der Waals surface area contributed by atoms with Crippen LogP contribution in [0.25, 0.3) is 10.9 Å². The maximum absolute atomic E-state index is 13.4. The standard InChI is InChI=1S/C27H27F2N3O/c1-32(2)20-11-9-19(10-12-20)22(23-17-30-26-6-4-3-5-21(23)26)16-31-27(33)14-8-18-7-13-24(28)25(29)15-18/h3-7,9-13,15,17,22,30H,8,14,16H2,1-2H3,(H,31,33). The van der Waals surface area contributed by atoms with Crippen molar-refractivity contribution in [2.24, 2.45) is 0 Å². The number of hydrogen-bond donors (Lipinski definition) is 2. The summed E-state index contributed by atoms with van der Waals surface area (Å²) in [6.45, 7) is 0.430. The van der Waals surface area contributed by atoms with Crippen LogP contribution in [0, 0.1) is 11.6 Å². The van der Waals surface area contributed by atoms with Crippen LogP contribution in [0.15, 0.2) is 72.9 Å². The van der Waals surface area contributed by atoms with Crippen LogP contribution in [0.1, 0.15) is 29.0 Å². The Kier molecular flexibility index (Phi) is 6.73. The van der Waals surface area contributed by atoms with E-state index in [4.69, 9.17) is 0 Å². The van der Waals surface area contributed by atoms with Gasteiger partial charge in [-0.1, -0.05) is 36.4 Å². The number of anilines is 1. The molecule has 2 N–H and O–H groups in total. The number of halogens is 2. The molecule has 4 nitrogen and oxygen atoms in total. The van der Waals surface area contributed by atoms with E-state index in [-0.39, 0.29) is 18.2 Å². The SMILES string of the molecule is CN(C)c1ccc(C(CNC(=O)CCc2ccc(F)c(F)c2)c2c[nH]c3ccccc23)cc1. The number of H-pyrrole nitrogens is 1. The molecule has 0 saturated heterocycles. The van der Waals surface area contributed by atoms with E-state index < -0.39 is 11.6 Å². The van der Waals surface area contributed by atoms with Gasteiger partial charge in [0.25, 0.3) is 0 Å². The molecule has 4 rings (SSSR count). The van der Waals surface area contributed by atoms with E-state index in [0.29, 0.717) is 18.5 Å². The van der Waals surface area contributed by atoms with Crippen molar-refractivity contribution in [3.05, 3.63) is 101 Å². The maximum Gasteiger partial charge on any atom is 0.220 e. The molecule has 33 heavy (non-hydrogen) atoms. The summed E-state index contributed by atoms with van der Waals surface area (Å²) < 4.78 is 26.6. The van der Waals surface area contributed by atoms with Gasteiger partial charge in [0.05, 0.1) is 0 Å². The van der Waals surface area contributed by atoms with Gasteiger partial charge < -0.3 is 15.2 Å². The molecule has 0 spiro atoms. The highest BCUT2D eigenvalue weighted by atomic mass is 19.2. The summed E-state index contributed by atoms with van der Waals surface area (Å²) in [6, 6.07) is 20.2. The average molecular weight is 448 g/mol. The minimum Gasteiger partial charge on any atom is -0.378 e. The summed E-state index contributed by atoms with van der Waals surface area (Å²) in [7, 11) is 4.00. The molecular formula is C27H27F2N3O. The molecule has 6 heteroatoms. The first kappa shape index (κ1) is 22.5. The van der Waals surface area contributed by atoms with Gasteiger partial charge in [-0.25, -0.2) is 8.78 Å². The summed E-state index contributed by atoms with van der Waals surface area (Å²) in [5.41, 5.74) is 4.96. The zero-order valence-corrected chi connectivity index (χ0v) is 18.7. The van der Waals surface area contributed by atoms with Gasteiger partial charge in [-0.15, -0.1) is 0 Å². The fourth-order valence-corrected chi connectivity index (χ4v) is 4.05. The van der Waals surface area contributed by atoms with E-state index in [1.165, 1.54) is 6.07 Å². The Morgan fingerprint density at radius 2 is 1.76 bits per heavy atom. The summed E-state index contributed by atoms with van der Waals surface area (Å²) in [4.78, 5) is 18.0. The van der Waals surface area contributed by atoms with Crippen LogP contribution in [0.4, 0.5) is 14.5 Å². The van der Waals surface area contributed by atoms with Crippen molar-refractivity contribution in [1.29, 1.82) is 0 Å². The van der Waals surface area contributed by atoms with Crippen LogP contribution in [0.2, 0.25) is 0 Å². The lowest BCUT2D eigenvalue weighted by Crippen LogP contribution is -2.29. The molecule has 1 unspecified atom stereocenters. The zero-order chi connectivity index (χ0) is 23.4. The fraction of sp³-hybridized carbons (Fsp3) is 0.222. The van der Waals surface area contributed by atoms with Crippen LogP contribution in [-0.4, -0.2) is 31.5 Å². The molecule has 0 aliphatic heterocycles. The largest absolute Gasteiger partial charge is 0.378 e. The first-order chi connectivity index (χ1) is 15.9. The molecule has 1 heterocycles. The molecule has 4 aromatic rings. The molecule has 1 atom stereocenters. The van der Waals surface area contributed by atoms with Crippen LogP contribution >= 0.6 is 0 Å². The van der Waals surface area contributed by atoms with E-state index in [9.17, 15) is 13.6 Å². The number of para-hydroxylation sites is 1. The number of aryl methyl sites for hydroxylation is 1. The molecule has 0 fully saturated rings. The number of nitrogens with one attached hydrogen (secondary N) is 2.